The minimum atomic E-state index is -0.411. The standard InChI is InChI=1S/C19H29NO/c1-15(2)17-8-10-18(11-9-17)19(21)14-20-13-12-16-6-4-3-5-7-16/h6,8-11,15,19-21H,3-5,7,12-14H2,1-2H3. The summed E-state index contributed by atoms with van der Waals surface area (Å²) in [6.45, 7) is 5.97. The van der Waals surface area contributed by atoms with E-state index in [0.29, 0.717) is 12.5 Å². The molecule has 0 radical (unpaired) electrons. The summed E-state index contributed by atoms with van der Waals surface area (Å²) >= 11 is 0. The zero-order valence-corrected chi connectivity index (χ0v) is 13.4. The highest BCUT2D eigenvalue weighted by molar-refractivity contribution is 5.26. The molecule has 0 aromatic heterocycles. The van der Waals surface area contributed by atoms with Gasteiger partial charge in [-0.05, 0) is 55.7 Å². The average Bonchev–Trinajstić information content (AvgIpc) is 2.52. The van der Waals surface area contributed by atoms with Crippen LogP contribution in [0.4, 0.5) is 0 Å². The molecule has 1 aliphatic rings. The number of hydrogen-bond acceptors (Lipinski definition) is 2. The summed E-state index contributed by atoms with van der Waals surface area (Å²) in [5.41, 5.74) is 3.91. The Labute approximate surface area is 129 Å². The van der Waals surface area contributed by atoms with Crippen LogP contribution in [-0.2, 0) is 0 Å². The molecule has 0 saturated carbocycles. The largest absolute Gasteiger partial charge is 0.387 e. The normalized spacial score (nSPS) is 16.9. The molecule has 0 bridgehead atoms. The first-order valence-electron chi connectivity index (χ1n) is 8.33. The SMILES string of the molecule is CC(C)c1ccc(C(O)CNCCC2=CCCCC2)cc1. The van der Waals surface area contributed by atoms with Crippen LogP contribution in [0.3, 0.4) is 0 Å². The number of nitrogens with one attached hydrogen (secondary N) is 1. The number of rotatable bonds is 7. The predicted octanol–water partition coefficient (Wildman–Crippen LogP) is 4.32. The molecule has 0 spiro atoms. The molecule has 0 amide bonds. The highest BCUT2D eigenvalue weighted by Crippen LogP contribution is 2.20. The smallest absolute Gasteiger partial charge is 0.0914 e. The topological polar surface area (TPSA) is 32.3 Å². The van der Waals surface area contributed by atoms with E-state index in [-0.39, 0.29) is 0 Å². The van der Waals surface area contributed by atoms with Crippen molar-refractivity contribution in [1.29, 1.82) is 0 Å². The van der Waals surface area contributed by atoms with E-state index in [1.165, 1.54) is 31.2 Å². The second kappa shape index (κ2) is 8.35. The van der Waals surface area contributed by atoms with Gasteiger partial charge in [0.1, 0.15) is 0 Å². The van der Waals surface area contributed by atoms with E-state index in [4.69, 9.17) is 0 Å². The molecule has 2 rings (SSSR count). The summed E-state index contributed by atoms with van der Waals surface area (Å²) in [5.74, 6) is 0.540. The van der Waals surface area contributed by atoms with Crippen molar-refractivity contribution in [2.24, 2.45) is 0 Å². The number of benzene rings is 1. The lowest BCUT2D eigenvalue weighted by Gasteiger charge is -2.15. The summed E-state index contributed by atoms with van der Waals surface area (Å²) in [4.78, 5) is 0. The molecule has 2 heteroatoms. The van der Waals surface area contributed by atoms with Gasteiger partial charge in [0.15, 0.2) is 0 Å². The molecule has 0 saturated heterocycles. The summed E-state index contributed by atoms with van der Waals surface area (Å²) in [5, 5.41) is 13.6. The number of hydrogen-bond donors (Lipinski definition) is 2. The Morgan fingerprint density at radius 2 is 1.81 bits per heavy atom. The molecule has 1 unspecified atom stereocenters. The molecule has 1 aromatic carbocycles. The van der Waals surface area contributed by atoms with Crippen molar-refractivity contribution in [1.82, 2.24) is 5.32 Å². The van der Waals surface area contributed by atoms with Crippen LogP contribution in [-0.4, -0.2) is 18.2 Å². The van der Waals surface area contributed by atoms with Crippen molar-refractivity contribution < 1.29 is 5.11 Å². The highest BCUT2D eigenvalue weighted by Gasteiger charge is 2.08. The van der Waals surface area contributed by atoms with Gasteiger partial charge in [-0.15, -0.1) is 0 Å². The highest BCUT2D eigenvalue weighted by atomic mass is 16.3. The van der Waals surface area contributed by atoms with Crippen LogP contribution in [0.1, 0.15) is 69.1 Å². The van der Waals surface area contributed by atoms with Crippen molar-refractivity contribution in [3.05, 3.63) is 47.0 Å². The van der Waals surface area contributed by atoms with Gasteiger partial charge in [-0.1, -0.05) is 49.8 Å². The minimum Gasteiger partial charge on any atom is -0.387 e. The predicted molar refractivity (Wildman–Crippen MR) is 89.5 cm³/mol. The Kier molecular flexibility index (Phi) is 6.47. The third-order valence-corrected chi connectivity index (χ3v) is 4.33. The lowest BCUT2D eigenvalue weighted by molar-refractivity contribution is 0.175. The van der Waals surface area contributed by atoms with Crippen LogP contribution in [0.25, 0.3) is 0 Å². The van der Waals surface area contributed by atoms with Crippen molar-refractivity contribution in [3.8, 4) is 0 Å². The lowest BCUT2D eigenvalue weighted by atomic mass is 9.97. The van der Waals surface area contributed by atoms with Gasteiger partial charge in [0, 0.05) is 6.54 Å². The Balaban J connectivity index is 1.71. The first-order valence-corrected chi connectivity index (χ1v) is 8.33. The fraction of sp³-hybridized carbons (Fsp3) is 0.579. The third kappa shape index (κ3) is 5.29. The molecule has 21 heavy (non-hydrogen) atoms. The van der Waals surface area contributed by atoms with E-state index >= 15 is 0 Å². The maximum absolute atomic E-state index is 10.2. The Morgan fingerprint density at radius 1 is 1.10 bits per heavy atom. The molecule has 0 heterocycles. The van der Waals surface area contributed by atoms with Gasteiger partial charge in [0.2, 0.25) is 0 Å². The Hall–Kier alpha value is -1.12. The molecule has 0 fully saturated rings. The molecule has 2 N–H and O–H groups in total. The van der Waals surface area contributed by atoms with Gasteiger partial charge in [0.25, 0.3) is 0 Å². The van der Waals surface area contributed by atoms with Gasteiger partial charge < -0.3 is 10.4 Å². The third-order valence-electron chi connectivity index (χ3n) is 4.33. The second-order valence-electron chi connectivity index (χ2n) is 6.40. The number of aliphatic hydroxyl groups is 1. The summed E-state index contributed by atoms with van der Waals surface area (Å²) in [7, 11) is 0. The average molecular weight is 287 g/mol. The van der Waals surface area contributed by atoms with E-state index in [1.807, 2.05) is 12.1 Å². The molecule has 116 valence electrons. The van der Waals surface area contributed by atoms with E-state index < -0.39 is 6.10 Å². The molecular formula is C19H29NO. The van der Waals surface area contributed by atoms with Gasteiger partial charge in [-0.3, -0.25) is 0 Å². The van der Waals surface area contributed by atoms with Gasteiger partial charge >= 0.3 is 0 Å². The maximum Gasteiger partial charge on any atom is 0.0914 e. The lowest BCUT2D eigenvalue weighted by Crippen LogP contribution is -2.23. The first-order chi connectivity index (χ1) is 10.2. The monoisotopic (exact) mass is 287 g/mol. The molecule has 1 aromatic rings. The number of aliphatic hydroxyl groups excluding tert-OH is 1. The Morgan fingerprint density at radius 3 is 2.43 bits per heavy atom. The fourth-order valence-corrected chi connectivity index (χ4v) is 2.84. The second-order valence-corrected chi connectivity index (χ2v) is 6.40. The minimum absolute atomic E-state index is 0.411. The zero-order valence-electron chi connectivity index (χ0n) is 13.4. The quantitative estimate of drug-likeness (QED) is 0.578. The van der Waals surface area contributed by atoms with Crippen molar-refractivity contribution in [3.63, 3.8) is 0 Å². The maximum atomic E-state index is 10.2. The van der Waals surface area contributed by atoms with Gasteiger partial charge in [-0.2, -0.15) is 0 Å². The molecule has 0 aliphatic heterocycles. The van der Waals surface area contributed by atoms with Crippen LogP contribution in [0.15, 0.2) is 35.9 Å². The molecule has 2 nitrogen and oxygen atoms in total. The van der Waals surface area contributed by atoms with Crippen LogP contribution < -0.4 is 5.32 Å². The van der Waals surface area contributed by atoms with Crippen LogP contribution in [0, 0.1) is 0 Å². The summed E-state index contributed by atoms with van der Waals surface area (Å²) in [6, 6.07) is 8.34. The number of allylic oxidation sites excluding steroid dienone is 1. The summed E-state index contributed by atoms with van der Waals surface area (Å²) in [6.07, 6.45) is 8.32. The van der Waals surface area contributed by atoms with Crippen molar-refractivity contribution in [2.75, 3.05) is 13.1 Å². The van der Waals surface area contributed by atoms with E-state index in [9.17, 15) is 5.11 Å². The van der Waals surface area contributed by atoms with Gasteiger partial charge in [-0.25, -0.2) is 0 Å². The van der Waals surface area contributed by atoms with Crippen molar-refractivity contribution in [2.45, 2.75) is 58.0 Å². The Bertz CT molecular complexity index is 447. The molecule has 1 aliphatic carbocycles. The molecular weight excluding hydrogens is 258 g/mol. The van der Waals surface area contributed by atoms with Crippen LogP contribution >= 0.6 is 0 Å². The zero-order chi connectivity index (χ0) is 15.1. The van der Waals surface area contributed by atoms with Crippen molar-refractivity contribution >= 4 is 0 Å². The first kappa shape index (κ1) is 16.3. The van der Waals surface area contributed by atoms with Crippen LogP contribution in [0.2, 0.25) is 0 Å². The fourth-order valence-electron chi connectivity index (χ4n) is 2.84. The van der Waals surface area contributed by atoms with E-state index in [0.717, 1.165) is 18.5 Å². The molecule has 1 atom stereocenters. The van der Waals surface area contributed by atoms with Gasteiger partial charge in [0.05, 0.1) is 6.10 Å². The van der Waals surface area contributed by atoms with E-state index in [2.05, 4.69) is 37.4 Å². The van der Waals surface area contributed by atoms with Crippen LogP contribution in [0.5, 0.6) is 0 Å². The van der Waals surface area contributed by atoms with E-state index in [1.54, 1.807) is 5.57 Å². The summed E-state index contributed by atoms with van der Waals surface area (Å²) < 4.78 is 0.